The number of imide groups is 1. The van der Waals surface area contributed by atoms with Gasteiger partial charge in [0, 0.05) is 28.7 Å². The summed E-state index contributed by atoms with van der Waals surface area (Å²) >= 11 is 0. The highest BCUT2D eigenvalue weighted by atomic mass is 16.5. The maximum atomic E-state index is 13.9. The Morgan fingerprint density at radius 2 is 1.73 bits per heavy atom. The van der Waals surface area contributed by atoms with Gasteiger partial charge in [-0.3, -0.25) is 19.2 Å². The highest BCUT2D eigenvalue weighted by Crippen LogP contribution is 2.56. The summed E-state index contributed by atoms with van der Waals surface area (Å²) in [6.07, 6.45) is 3.47. The van der Waals surface area contributed by atoms with Crippen LogP contribution in [0.3, 0.4) is 0 Å². The van der Waals surface area contributed by atoms with Gasteiger partial charge in [-0.25, -0.2) is 9.69 Å². The Hall–Kier alpha value is -4.99. The molecule has 2 aromatic rings. The molecule has 2 amide bonds. The molecule has 1 aliphatic heterocycles. The number of rotatable bonds is 4. The van der Waals surface area contributed by atoms with Crippen molar-refractivity contribution in [2.75, 3.05) is 12.0 Å². The fourth-order valence-corrected chi connectivity index (χ4v) is 6.71. The molecule has 6 rings (SSSR count). The molecule has 3 aliphatic carbocycles. The number of carbonyl (C=O) groups is 5. The number of carbonyl (C=O) groups excluding carboxylic acids is 4. The average Bonchev–Trinajstić information content (AvgIpc) is 3.20. The molecule has 4 atom stereocenters. The van der Waals surface area contributed by atoms with Crippen LogP contribution in [-0.2, 0) is 19.2 Å². The van der Waals surface area contributed by atoms with Crippen molar-refractivity contribution in [2.45, 2.75) is 25.7 Å². The van der Waals surface area contributed by atoms with Crippen molar-refractivity contribution in [2.24, 2.45) is 17.8 Å². The molecule has 10 heteroatoms. The number of aromatic carboxylic acids is 1. The number of methoxy groups -OCH3 is 1. The first kappa shape index (κ1) is 26.2. The molecular weight excluding hydrogens is 530 g/mol. The summed E-state index contributed by atoms with van der Waals surface area (Å²) in [4.78, 5) is 66.5. The highest BCUT2D eigenvalue weighted by Gasteiger charge is 2.56. The number of carboxylic acids is 1. The van der Waals surface area contributed by atoms with Gasteiger partial charge in [0.15, 0.2) is 23.1 Å². The summed E-state index contributed by atoms with van der Waals surface area (Å²) < 4.78 is 5.30. The number of ether oxygens (including phenoxy) is 1. The number of phenols is 2. The van der Waals surface area contributed by atoms with Crippen molar-refractivity contribution in [3.8, 4) is 17.2 Å². The average molecular weight is 556 g/mol. The Balaban J connectivity index is 1.47. The number of fused-ring (bicyclic) bond motifs is 3. The maximum Gasteiger partial charge on any atom is 0.339 e. The Morgan fingerprint density at radius 3 is 2.41 bits per heavy atom. The minimum absolute atomic E-state index is 0.0523. The summed E-state index contributed by atoms with van der Waals surface area (Å²) in [7, 11) is 1.40. The van der Waals surface area contributed by atoms with Crippen LogP contribution in [0.15, 0.2) is 70.8 Å². The quantitative estimate of drug-likeness (QED) is 0.292. The monoisotopic (exact) mass is 555 g/mol. The van der Waals surface area contributed by atoms with Crippen molar-refractivity contribution < 1.29 is 44.0 Å². The summed E-state index contributed by atoms with van der Waals surface area (Å²) in [5.74, 6) is -6.29. The van der Waals surface area contributed by atoms with Gasteiger partial charge in [0.25, 0.3) is 0 Å². The molecule has 3 N–H and O–H groups in total. The van der Waals surface area contributed by atoms with E-state index >= 15 is 0 Å². The molecule has 1 heterocycles. The molecule has 0 aromatic heterocycles. The second-order valence-electron chi connectivity index (χ2n) is 10.7. The fraction of sp³-hybridized carbons (Fsp3) is 0.258. The Bertz CT molecular complexity index is 1690. The van der Waals surface area contributed by atoms with E-state index in [9.17, 15) is 39.3 Å². The van der Waals surface area contributed by atoms with E-state index in [1.807, 2.05) is 6.08 Å². The van der Waals surface area contributed by atoms with Crippen molar-refractivity contribution in [3.63, 3.8) is 0 Å². The molecular formula is C31H25NO9. The number of aromatic hydroxyl groups is 2. The van der Waals surface area contributed by atoms with E-state index in [-0.39, 0.29) is 47.2 Å². The number of carboxylic acid groups (broad SMARTS) is 1. The van der Waals surface area contributed by atoms with Gasteiger partial charge < -0.3 is 20.1 Å². The predicted molar refractivity (Wildman–Crippen MR) is 144 cm³/mol. The predicted octanol–water partition coefficient (Wildman–Crippen LogP) is 3.44. The van der Waals surface area contributed by atoms with Gasteiger partial charge in [-0.1, -0.05) is 17.7 Å². The topological polar surface area (TPSA) is 159 Å². The molecule has 41 heavy (non-hydrogen) atoms. The lowest BCUT2D eigenvalue weighted by atomic mass is 9.59. The van der Waals surface area contributed by atoms with Crippen LogP contribution >= 0.6 is 0 Å². The molecule has 10 nitrogen and oxygen atoms in total. The first-order chi connectivity index (χ1) is 19.5. The summed E-state index contributed by atoms with van der Waals surface area (Å²) in [5.41, 5.74) is 1.95. The van der Waals surface area contributed by atoms with E-state index in [1.54, 1.807) is 19.1 Å². The Kier molecular flexibility index (Phi) is 5.95. The maximum absolute atomic E-state index is 13.9. The Morgan fingerprint density at radius 1 is 0.976 bits per heavy atom. The van der Waals surface area contributed by atoms with Crippen LogP contribution in [0.5, 0.6) is 17.2 Å². The van der Waals surface area contributed by atoms with Crippen molar-refractivity contribution >= 4 is 35.0 Å². The minimum Gasteiger partial charge on any atom is -0.507 e. The number of hydrogen-bond donors (Lipinski definition) is 3. The molecule has 0 bridgehead atoms. The molecule has 4 aliphatic rings. The standard InChI is InChI=1S/C31H25NO9/c1-13-9-22(34)20-12-19-16(25(27(20)28(13)36)14-3-8-21(33)24(10-14)41-2)6-7-18-26(19)30(38)32(29(18)37)15-4-5-17(31(39)40)23(35)11-15/h3-6,8-11,18-19,25-26,33,35H,7,12H2,1-2H3,(H,39,40). The van der Waals surface area contributed by atoms with E-state index in [0.717, 1.165) is 22.6 Å². The lowest BCUT2D eigenvalue weighted by molar-refractivity contribution is -0.123. The Labute approximate surface area is 233 Å². The van der Waals surface area contributed by atoms with Gasteiger partial charge in [0.1, 0.15) is 11.3 Å². The van der Waals surface area contributed by atoms with Crippen molar-refractivity contribution in [1.29, 1.82) is 0 Å². The number of Topliss-reactive ketones (excluding diaryl/α,β-unsaturated/α-hetero) is 1. The van der Waals surface area contributed by atoms with Gasteiger partial charge in [0.05, 0.1) is 24.6 Å². The van der Waals surface area contributed by atoms with Crippen LogP contribution in [0.4, 0.5) is 5.69 Å². The van der Waals surface area contributed by atoms with Gasteiger partial charge in [0.2, 0.25) is 11.8 Å². The van der Waals surface area contributed by atoms with E-state index in [2.05, 4.69) is 0 Å². The third-order valence-electron chi connectivity index (χ3n) is 8.57. The van der Waals surface area contributed by atoms with Gasteiger partial charge in [-0.15, -0.1) is 0 Å². The minimum atomic E-state index is -1.35. The molecule has 1 fully saturated rings. The lowest BCUT2D eigenvalue weighted by Crippen LogP contribution is -2.39. The summed E-state index contributed by atoms with van der Waals surface area (Å²) in [5, 5.41) is 29.7. The zero-order valence-corrected chi connectivity index (χ0v) is 22.1. The summed E-state index contributed by atoms with van der Waals surface area (Å²) in [6.45, 7) is 1.58. The molecule has 0 spiro atoms. The lowest BCUT2D eigenvalue weighted by Gasteiger charge is -2.42. The molecule has 0 radical (unpaired) electrons. The van der Waals surface area contributed by atoms with Crippen LogP contribution in [-0.4, -0.2) is 51.8 Å². The number of phenolic OH excluding ortho intramolecular Hbond substituents is 1. The van der Waals surface area contributed by atoms with Crippen LogP contribution in [0, 0.1) is 17.8 Å². The second-order valence-corrected chi connectivity index (χ2v) is 10.7. The number of hydrogen-bond acceptors (Lipinski definition) is 8. The van der Waals surface area contributed by atoms with Gasteiger partial charge in [-0.05, 0) is 61.6 Å². The highest BCUT2D eigenvalue weighted by molar-refractivity contribution is 6.25. The first-order valence-electron chi connectivity index (χ1n) is 13.0. The van der Waals surface area contributed by atoms with Crippen LogP contribution < -0.4 is 9.64 Å². The number of nitrogens with zero attached hydrogens (tertiary/aromatic N) is 1. The van der Waals surface area contributed by atoms with E-state index in [4.69, 9.17) is 4.74 Å². The zero-order valence-electron chi connectivity index (χ0n) is 22.1. The normalized spacial score (nSPS) is 25.4. The van der Waals surface area contributed by atoms with E-state index in [0.29, 0.717) is 22.3 Å². The van der Waals surface area contributed by atoms with Crippen LogP contribution in [0.2, 0.25) is 0 Å². The third-order valence-corrected chi connectivity index (χ3v) is 8.57. The third kappa shape index (κ3) is 3.81. The largest absolute Gasteiger partial charge is 0.507 e. The molecule has 0 saturated carbocycles. The second kappa shape index (κ2) is 9.29. The zero-order chi connectivity index (χ0) is 29.3. The smallest absolute Gasteiger partial charge is 0.339 e. The fourth-order valence-electron chi connectivity index (χ4n) is 6.71. The number of anilines is 1. The van der Waals surface area contributed by atoms with Crippen LogP contribution in [0.1, 0.15) is 41.6 Å². The number of benzene rings is 2. The number of ketones is 2. The first-order valence-corrected chi connectivity index (χ1v) is 13.0. The number of amides is 2. The molecule has 4 unspecified atom stereocenters. The molecule has 1 saturated heterocycles. The summed E-state index contributed by atoms with van der Waals surface area (Å²) in [6, 6.07) is 8.21. The van der Waals surface area contributed by atoms with Gasteiger partial charge in [-0.2, -0.15) is 0 Å². The van der Waals surface area contributed by atoms with E-state index < -0.39 is 47.2 Å². The van der Waals surface area contributed by atoms with Gasteiger partial charge >= 0.3 is 5.97 Å². The SMILES string of the molecule is COc1cc(C2C3=CCC4C(=O)N(c5ccc(C(=O)O)c(O)c5)C(=O)C4C3CC3=C2C(=O)C(C)=CC3=O)ccc1O. The van der Waals surface area contributed by atoms with Crippen molar-refractivity contribution in [3.05, 3.63) is 82.0 Å². The molecule has 2 aromatic carbocycles. The molecule has 208 valence electrons. The van der Waals surface area contributed by atoms with Crippen molar-refractivity contribution in [1.82, 2.24) is 0 Å². The van der Waals surface area contributed by atoms with Crippen LogP contribution in [0.25, 0.3) is 0 Å². The number of allylic oxidation sites excluding steroid dienone is 6. The van der Waals surface area contributed by atoms with E-state index in [1.165, 1.54) is 25.3 Å².